The maximum absolute atomic E-state index is 2.30. The molecule has 10 rings (SSSR count). The van der Waals surface area contributed by atoms with Gasteiger partial charge in [0.25, 0.3) is 0 Å². The smallest absolute Gasteiger partial charge is 0.0924 e. The quantitative estimate of drug-likeness (QED) is 0.149. The number of benzene rings is 4. The van der Waals surface area contributed by atoms with Crippen LogP contribution < -0.4 is 15.4 Å². The van der Waals surface area contributed by atoms with Crippen LogP contribution in [-0.4, -0.2) is 28.1 Å². The number of aromatic nitrogens is 6. The standard InChI is InChI=1S/C40H31N9/c1-2-20-41(19-1)47(42-21-3-4-22-42)36-18-14-32-13-15-34-37(48(43-23-5-6-24-43)44-25-7-8-26-44)31-38(35-17-16-33(36)39(32)40(34)35)49(45-27-9-10-28-45)46-29-11-12-30-46/h1-31H. The van der Waals surface area contributed by atoms with Crippen LogP contribution in [0.25, 0.3) is 32.3 Å². The molecule has 9 heteroatoms. The van der Waals surface area contributed by atoms with Crippen LogP contribution in [0.15, 0.2) is 190 Å². The van der Waals surface area contributed by atoms with Gasteiger partial charge in [-0.2, -0.15) is 15.4 Å². The molecule has 6 aromatic heterocycles. The Morgan fingerprint density at radius 3 is 0.939 bits per heavy atom. The zero-order chi connectivity index (χ0) is 32.3. The number of rotatable bonds is 9. The normalized spacial score (nSPS) is 11.7. The fraction of sp³-hybridized carbons (Fsp3) is 0. The molecule has 0 saturated heterocycles. The van der Waals surface area contributed by atoms with Gasteiger partial charge in [-0.15, -0.1) is 0 Å². The van der Waals surface area contributed by atoms with Crippen molar-refractivity contribution in [3.05, 3.63) is 190 Å². The molecule has 0 fully saturated rings. The van der Waals surface area contributed by atoms with Gasteiger partial charge in [-0.3, -0.25) is 0 Å². The van der Waals surface area contributed by atoms with E-state index in [2.05, 4.69) is 233 Å². The fourth-order valence-corrected chi connectivity index (χ4v) is 7.16. The van der Waals surface area contributed by atoms with Crippen LogP contribution in [0, 0.1) is 0 Å². The van der Waals surface area contributed by atoms with Crippen molar-refractivity contribution in [2.45, 2.75) is 0 Å². The first-order valence-corrected chi connectivity index (χ1v) is 16.3. The Bertz CT molecular complexity index is 2400. The Kier molecular flexibility index (Phi) is 5.97. The number of nitrogens with zero attached hydrogens (tertiary/aromatic N) is 9. The van der Waals surface area contributed by atoms with Crippen LogP contribution in [0.5, 0.6) is 0 Å². The zero-order valence-corrected chi connectivity index (χ0v) is 26.4. The van der Waals surface area contributed by atoms with Crippen LogP contribution >= 0.6 is 0 Å². The molecule has 0 aliphatic rings. The molecule has 9 nitrogen and oxygen atoms in total. The first kappa shape index (κ1) is 27.1. The summed E-state index contributed by atoms with van der Waals surface area (Å²) >= 11 is 0. The Balaban J connectivity index is 1.34. The average molecular weight is 638 g/mol. The van der Waals surface area contributed by atoms with Crippen LogP contribution in [0.3, 0.4) is 0 Å². The molecule has 0 spiro atoms. The molecule has 10 aromatic rings. The van der Waals surface area contributed by atoms with E-state index >= 15 is 0 Å². The molecule has 0 N–H and O–H groups in total. The molecule has 0 bridgehead atoms. The van der Waals surface area contributed by atoms with Gasteiger partial charge in [0.1, 0.15) is 0 Å². The lowest BCUT2D eigenvalue weighted by Gasteiger charge is -2.33. The Labute approximate surface area is 281 Å². The summed E-state index contributed by atoms with van der Waals surface area (Å²) < 4.78 is 12.7. The zero-order valence-electron chi connectivity index (χ0n) is 26.4. The van der Waals surface area contributed by atoms with Gasteiger partial charge >= 0.3 is 0 Å². The second kappa shape index (κ2) is 10.8. The van der Waals surface area contributed by atoms with Gasteiger partial charge in [-0.25, -0.2) is 28.1 Å². The molecule has 0 aliphatic heterocycles. The molecule has 0 aliphatic carbocycles. The summed E-state index contributed by atoms with van der Waals surface area (Å²) in [6.45, 7) is 0. The molecule has 236 valence electrons. The van der Waals surface area contributed by atoms with E-state index in [1.807, 2.05) is 0 Å². The molecule has 49 heavy (non-hydrogen) atoms. The molecule has 0 saturated carbocycles. The highest BCUT2D eigenvalue weighted by Gasteiger charge is 2.25. The minimum absolute atomic E-state index is 1.03. The molecular weight excluding hydrogens is 607 g/mol. The number of hydrogen-bond donors (Lipinski definition) is 0. The van der Waals surface area contributed by atoms with E-state index in [1.165, 1.54) is 16.2 Å². The summed E-state index contributed by atoms with van der Waals surface area (Å²) in [5, 5.41) is 13.7. The molecule has 4 aromatic carbocycles. The lowest BCUT2D eigenvalue weighted by Crippen LogP contribution is -2.35. The lowest BCUT2D eigenvalue weighted by molar-refractivity contribution is 0.604. The summed E-state index contributed by atoms with van der Waals surface area (Å²) in [5.74, 6) is 0. The van der Waals surface area contributed by atoms with Crippen molar-refractivity contribution < 1.29 is 0 Å². The van der Waals surface area contributed by atoms with E-state index < -0.39 is 0 Å². The number of hydrogen-bond acceptors (Lipinski definition) is 3. The van der Waals surface area contributed by atoms with E-state index in [-0.39, 0.29) is 0 Å². The summed E-state index contributed by atoms with van der Waals surface area (Å²) in [6, 6.07) is 40.5. The highest BCUT2D eigenvalue weighted by molar-refractivity contribution is 6.29. The fourth-order valence-electron chi connectivity index (χ4n) is 7.16. The number of anilines is 3. The van der Waals surface area contributed by atoms with Gasteiger partial charge in [-0.1, -0.05) is 30.3 Å². The molecule has 0 radical (unpaired) electrons. The van der Waals surface area contributed by atoms with Gasteiger partial charge in [0, 0.05) is 95.9 Å². The third-order valence-electron chi connectivity index (χ3n) is 9.21. The predicted molar refractivity (Wildman–Crippen MR) is 197 cm³/mol. The van der Waals surface area contributed by atoms with Crippen molar-refractivity contribution in [1.29, 1.82) is 0 Å². The Morgan fingerprint density at radius 1 is 0.286 bits per heavy atom. The highest BCUT2D eigenvalue weighted by atomic mass is 15.8. The van der Waals surface area contributed by atoms with Gasteiger partial charge in [-0.05, 0) is 95.7 Å². The highest BCUT2D eigenvalue weighted by Crippen LogP contribution is 2.46. The summed E-state index contributed by atoms with van der Waals surface area (Å²) in [5.41, 5.74) is 3.14. The van der Waals surface area contributed by atoms with Gasteiger partial charge in [0.2, 0.25) is 0 Å². The monoisotopic (exact) mass is 637 g/mol. The summed E-state index contributed by atoms with van der Waals surface area (Å²) in [6.07, 6.45) is 24.9. The largest absolute Gasteiger partial charge is 0.249 e. The van der Waals surface area contributed by atoms with Crippen molar-refractivity contribution in [1.82, 2.24) is 28.1 Å². The Hall–Kier alpha value is -7.00. The average Bonchev–Trinajstić information content (AvgIpc) is 3.99. The minimum atomic E-state index is 1.03. The topological polar surface area (TPSA) is 39.3 Å². The third kappa shape index (κ3) is 4.19. The predicted octanol–water partition coefficient (Wildman–Crippen LogP) is 8.59. The molecule has 0 atom stereocenters. The van der Waals surface area contributed by atoms with Crippen molar-refractivity contribution in [2.75, 3.05) is 15.4 Å². The van der Waals surface area contributed by atoms with Crippen molar-refractivity contribution >= 4 is 49.4 Å². The SMILES string of the molecule is c1ccn(N(c2ccc3ccc4c(N(n5cccc5)n5cccc5)cc(N(n5cccc5)n5cccc5)c5ccc2c3c45)n2cccc2)c1. The van der Waals surface area contributed by atoms with Crippen molar-refractivity contribution in [3.63, 3.8) is 0 Å². The molecule has 0 unspecified atom stereocenters. The van der Waals surface area contributed by atoms with E-state index in [9.17, 15) is 0 Å². The van der Waals surface area contributed by atoms with Crippen LogP contribution in [-0.2, 0) is 0 Å². The summed E-state index contributed by atoms with van der Waals surface area (Å²) in [7, 11) is 0. The minimum Gasteiger partial charge on any atom is -0.249 e. The lowest BCUT2D eigenvalue weighted by atomic mass is 9.91. The van der Waals surface area contributed by atoms with Gasteiger partial charge < -0.3 is 0 Å². The first-order valence-electron chi connectivity index (χ1n) is 16.3. The molecule has 0 amide bonds. The second-order valence-electron chi connectivity index (χ2n) is 12.0. The molecule has 6 heterocycles. The molecular formula is C40H31N9. The van der Waals surface area contributed by atoms with Crippen LogP contribution in [0.4, 0.5) is 17.1 Å². The van der Waals surface area contributed by atoms with E-state index in [0.29, 0.717) is 0 Å². The first-order chi connectivity index (χ1) is 24.3. The van der Waals surface area contributed by atoms with Crippen LogP contribution in [0.1, 0.15) is 0 Å². The van der Waals surface area contributed by atoms with E-state index in [4.69, 9.17) is 0 Å². The van der Waals surface area contributed by atoms with E-state index in [1.54, 1.807) is 0 Å². The second-order valence-corrected chi connectivity index (χ2v) is 12.0. The maximum Gasteiger partial charge on any atom is 0.0924 e. The van der Waals surface area contributed by atoms with Crippen molar-refractivity contribution in [3.8, 4) is 0 Å². The third-order valence-corrected chi connectivity index (χ3v) is 9.21. The van der Waals surface area contributed by atoms with Crippen LogP contribution in [0.2, 0.25) is 0 Å². The van der Waals surface area contributed by atoms with E-state index in [0.717, 1.165) is 33.2 Å². The van der Waals surface area contributed by atoms with Crippen molar-refractivity contribution in [2.24, 2.45) is 0 Å². The van der Waals surface area contributed by atoms with Gasteiger partial charge in [0.05, 0.1) is 17.1 Å². The Morgan fingerprint density at radius 2 is 0.571 bits per heavy atom. The maximum atomic E-state index is 2.30. The van der Waals surface area contributed by atoms with Gasteiger partial charge in [0.15, 0.2) is 0 Å². The summed E-state index contributed by atoms with van der Waals surface area (Å²) in [4.78, 5) is 0.